The number of hydrogen-bond donors (Lipinski definition) is 3. The Balaban J connectivity index is 1.64. The van der Waals surface area contributed by atoms with Crippen molar-refractivity contribution in [2.45, 2.75) is 25.1 Å². The fraction of sp³-hybridized carbons (Fsp3) is 0.208. The van der Waals surface area contributed by atoms with Gasteiger partial charge >= 0.3 is 6.18 Å². The molecular formula is C24H21F3N4O3. The third-order valence-electron chi connectivity index (χ3n) is 5.43. The Hall–Kier alpha value is -3.76. The predicted octanol–water partition coefficient (Wildman–Crippen LogP) is 4.09. The average Bonchev–Trinajstić information content (AvgIpc) is 3.18. The molecule has 0 radical (unpaired) electrons. The quantitative estimate of drug-likeness (QED) is 0.394. The summed E-state index contributed by atoms with van der Waals surface area (Å²) in [6.07, 6.45) is -5.91. The number of hydrogen-bond acceptors (Lipinski definition) is 5. The Morgan fingerprint density at radius 2 is 1.74 bits per heavy atom. The van der Waals surface area contributed by atoms with Crippen molar-refractivity contribution < 1.29 is 28.2 Å². The van der Waals surface area contributed by atoms with E-state index in [0.29, 0.717) is 11.3 Å². The first kappa shape index (κ1) is 23.4. The smallest absolute Gasteiger partial charge is 0.396 e. The molecule has 1 amide bonds. The van der Waals surface area contributed by atoms with E-state index in [-0.39, 0.29) is 11.4 Å². The van der Waals surface area contributed by atoms with Gasteiger partial charge in [0.05, 0.1) is 11.4 Å². The summed E-state index contributed by atoms with van der Waals surface area (Å²) >= 11 is 0. The van der Waals surface area contributed by atoms with Crippen molar-refractivity contribution in [3.05, 3.63) is 83.6 Å². The normalized spacial score (nSPS) is 13.6. The zero-order valence-electron chi connectivity index (χ0n) is 18.0. The number of aromatic nitrogens is 3. The maximum atomic E-state index is 13.4. The van der Waals surface area contributed by atoms with Gasteiger partial charge in [0.25, 0.3) is 5.91 Å². The van der Waals surface area contributed by atoms with E-state index < -0.39 is 36.3 Å². The van der Waals surface area contributed by atoms with Gasteiger partial charge in [-0.1, -0.05) is 42.5 Å². The fourth-order valence-electron chi connectivity index (χ4n) is 3.66. The summed E-state index contributed by atoms with van der Waals surface area (Å²) in [5.41, 5.74) is -0.797. The van der Waals surface area contributed by atoms with Gasteiger partial charge in [0.2, 0.25) is 0 Å². The van der Waals surface area contributed by atoms with E-state index in [9.17, 15) is 23.1 Å². The van der Waals surface area contributed by atoms with Crippen LogP contribution in [0.2, 0.25) is 0 Å². The zero-order valence-corrected chi connectivity index (χ0v) is 18.0. The molecule has 0 bridgehead atoms. The molecule has 176 valence electrons. The number of alkyl halides is 3. The van der Waals surface area contributed by atoms with Gasteiger partial charge in [-0.2, -0.15) is 18.3 Å². The summed E-state index contributed by atoms with van der Waals surface area (Å²) in [6.45, 7) is 0.965. The van der Waals surface area contributed by atoms with Gasteiger partial charge in [-0.15, -0.1) is 0 Å². The number of fused-ring (bicyclic) bond motifs is 1. The van der Waals surface area contributed by atoms with Gasteiger partial charge in [-0.3, -0.25) is 4.79 Å². The van der Waals surface area contributed by atoms with Crippen LogP contribution >= 0.6 is 0 Å². The summed E-state index contributed by atoms with van der Waals surface area (Å²) in [7, 11) is 0. The van der Waals surface area contributed by atoms with Crippen molar-refractivity contribution in [1.29, 1.82) is 0 Å². The third-order valence-corrected chi connectivity index (χ3v) is 5.43. The molecule has 10 heteroatoms. The first-order valence-corrected chi connectivity index (χ1v) is 10.4. The maximum absolute atomic E-state index is 13.4. The topological polar surface area (TPSA) is 99.8 Å². The van der Waals surface area contributed by atoms with Crippen LogP contribution in [0.15, 0.2) is 66.7 Å². The number of aliphatic hydroxyl groups excluding tert-OH is 1. The Morgan fingerprint density at radius 3 is 2.35 bits per heavy atom. The molecular weight excluding hydrogens is 449 g/mol. The molecule has 2 aromatic carbocycles. The Kier molecular flexibility index (Phi) is 6.11. The molecule has 0 spiro atoms. The molecule has 4 rings (SSSR count). The molecule has 2 heterocycles. The number of amides is 1. The van der Waals surface area contributed by atoms with E-state index in [1.54, 1.807) is 16.6 Å². The van der Waals surface area contributed by atoms with E-state index in [4.69, 9.17) is 5.11 Å². The number of aryl methyl sites for hydroxylation is 1. The predicted molar refractivity (Wildman–Crippen MR) is 119 cm³/mol. The molecule has 34 heavy (non-hydrogen) atoms. The second kappa shape index (κ2) is 8.88. The minimum Gasteiger partial charge on any atom is -0.396 e. The van der Waals surface area contributed by atoms with Crippen LogP contribution in [0.5, 0.6) is 0 Å². The lowest BCUT2D eigenvalue weighted by Gasteiger charge is -2.30. The number of carbonyl (C=O) groups is 1. The van der Waals surface area contributed by atoms with E-state index in [1.165, 1.54) is 12.1 Å². The number of benzene rings is 2. The van der Waals surface area contributed by atoms with Crippen LogP contribution in [0, 0.1) is 6.92 Å². The molecule has 0 unspecified atom stereocenters. The Morgan fingerprint density at radius 1 is 1.06 bits per heavy atom. The van der Waals surface area contributed by atoms with Crippen LogP contribution in [-0.2, 0) is 5.60 Å². The highest BCUT2D eigenvalue weighted by molar-refractivity contribution is 6.04. The SMILES string of the molecule is Cc1cc2nc(NC(=O)c3ccc([C@@](O)(CCO)C(F)(F)F)cc3)cc(-c3ccccc3)n2n1. The molecule has 0 aliphatic heterocycles. The third kappa shape index (κ3) is 4.37. The second-order valence-electron chi connectivity index (χ2n) is 7.81. The van der Waals surface area contributed by atoms with Crippen LogP contribution in [0.3, 0.4) is 0 Å². The monoisotopic (exact) mass is 470 g/mol. The molecule has 0 aliphatic rings. The number of nitrogens with one attached hydrogen (secondary N) is 1. The second-order valence-corrected chi connectivity index (χ2v) is 7.81. The Labute approximate surface area is 192 Å². The van der Waals surface area contributed by atoms with Gasteiger partial charge in [0, 0.05) is 36.3 Å². The summed E-state index contributed by atoms with van der Waals surface area (Å²) in [4.78, 5) is 17.2. The van der Waals surface area contributed by atoms with Crippen molar-refractivity contribution in [1.82, 2.24) is 14.6 Å². The summed E-state index contributed by atoms with van der Waals surface area (Å²) < 4.78 is 41.8. The summed E-state index contributed by atoms with van der Waals surface area (Å²) in [6, 6.07) is 17.2. The summed E-state index contributed by atoms with van der Waals surface area (Å²) in [5.74, 6) is -0.344. The van der Waals surface area contributed by atoms with E-state index in [0.717, 1.165) is 23.4 Å². The largest absolute Gasteiger partial charge is 0.421 e. The molecule has 0 fully saturated rings. The van der Waals surface area contributed by atoms with Gasteiger partial charge < -0.3 is 15.5 Å². The number of carbonyl (C=O) groups excluding carboxylic acids is 1. The van der Waals surface area contributed by atoms with Crippen LogP contribution in [0.4, 0.5) is 19.0 Å². The van der Waals surface area contributed by atoms with Gasteiger partial charge in [-0.05, 0) is 24.6 Å². The zero-order chi connectivity index (χ0) is 24.5. The maximum Gasteiger partial charge on any atom is 0.421 e. The Bertz CT molecular complexity index is 1320. The molecule has 0 saturated carbocycles. The lowest BCUT2D eigenvalue weighted by atomic mass is 9.89. The first-order valence-electron chi connectivity index (χ1n) is 10.4. The lowest BCUT2D eigenvalue weighted by molar-refractivity contribution is -0.271. The van der Waals surface area contributed by atoms with Crippen LogP contribution in [-0.4, -0.2) is 43.5 Å². The minimum atomic E-state index is -4.99. The van der Waals surface area contributed by atoms with Crippen LogP contribution < -0.4 is 5.32 Å². The standard InChI is InChI=1S/C24H21F3N4O3/c1-15-13-21-28-20(14-19(31(21)30-15)16-5-3-2-4-6-16)29-22(33)17-7-9-18(10-8-17)23(34,11-12-32)24(25,26)27/h2-10,13-14,32,34H,11-12H2,1H3,(H,28,29,33)/t23-/m0/s1. The van der Waals surface area contributed by atoms with Crippen LogP contribution in [0.25, 0.3) is 16.9 Å². The van der Waals surface area contributed by atoms with Gasteiger partial charge in [0.1, 0.15) is 5.82 Å². The number of nitrogens with zero attached hydrogens (tertiary/aromatic N) is 3. The molecule has 2 aromatic heterocycles. The van der Waals surface area contributed by atoms with E-state index in [2.05, 4.69) is 15.4 Å². The van der Waals surface area contributed by atoms with Gasteiger partial charge in [-0.25, -0.2) is 9.50 Å². The van der Waals surface area contributed by atoms with Crippen molar-refractivity contribution >= 4 is 17.4 Å². The number of anilines is 1. The van der Waals surface area contributed by atoms with Crippen molar-refractivity contribution in [2.75, 3.05) is 11.9 Å². The molecule has 7 nitrogen and oxygen atoms in total. The van der Waals surface area contributed by atoms with E-state index >= 15 is 0 Å². The fourth-order valence-corrected chi connectivity index (χ4v) is 3.66. The van der Waals surface area contributed by atoms with E-state index in [1.807, 2.05) is 37.3 Å². The highest BCUT2D eigenvalue weighted by Crippen LogP contribution is 2.41. The van der Waals surface area contributed by atoms with Crippen molar-refractivity contribution in [2.24, 2.45) is 0 Å². The molecule has 1 atom stereocenters. The van der Waals surface area contributed by atoms with Crippen LogP contribution in [0.1, 0.15) is 28.0 Å². The number of halogens is 3. The lowest BCUT2D eigenvalue weighted by Crippen LogP contribution is -2.43. The van der Waals surface area contributed by atoms with Crippen molar-refractivity contribution in [3.63, 3.8) is 0 Å². The minimum absolute atomic E-state index is 0.0740. The summed E-state index contributed by atoms with van der Waals surface area (Å²) in [5, 5.41) is 26.2. The van der Waals surface area contributed by atoms with Crippen molar-refractivity contribution in [3.8, 4) is 11.3 Å². The first-order chi connectivity index (χ1) is 16.1. The molecule has 3 N–H and O–H groups in total. The molecule has 0 aliphatic carbocycles. The molecule has 0 saturated heterocycles. The highest BCUT2D eigenvalue weighted by atomic mass is 19.4. The number of rotatable bonds is 6. The highest BCUT2D eigenvalue weighted by Gasteiger charge is 2.54. The number of aliphatic hydroxyl groups is 2. The van der Waals surface area contributed by atoms with Gasteiger partial charge in [0.15, 0.2) is 11.2 Å². The molecule has 4 aromatic rings. The average molecular weight is 470 g/mol.